The smallest absolute Gasteiger partial charge is 0.266 e. The average Bonchev–Trinajstić information content (AvgIpc) is 2.84. The standard InChI is InChI=1S/C13H13BrN4O5S/c14-7-4-9-10(23-3-1-2-22-9)6-11(7)24(20,21)18-12-5-8(13(15)19)16-17-12/h4-6H,1-3H2,(H2,15,19)(H2,16,17,18). The number of carbonyl (C=O) groups excluding carboxylic acids is 1. The van der Waals surface area contributed by atoms with Gasteiger partial charge < -0.3 is 15.2 Å². The van der Waals surface area contributed by atoms with Crippen LogP contribution in [0.1, 0.15) is 16.9 Å². The van der Waals surface area contributed by atoms with Gasteiger partial charge in [0.25, 0.3) is 15.9 Å². The number of hydrogen-bond donors (Lipinski definition) is 3. The van der Waals surface area contributed by atoms with Gasteiger partial charge in [0.1, 0.15) is 10.6 Å². The third-order valence-corrected chi connectivity index (χ3v) is 5.49. The Kier molecular flexibility index (Phi) is 4.37. The van der Waals surface area contributed by atoms with Crippen LogP contribution in [0.4, 0.5) is 5.82 Å². The molecule has 3 rings (SSSR count). The molecule has 0 spiro atoms. The first-order chi connectivity index (χ1) is 11.4. The van der Waals surface area contributed by atoms with Crippen LogP contribution in [-0.4, -0.2) is 37.7 Å². The molecule has 0 aliphatic carbocycles. The van der Waals surface area contributed by atoms with Gasteiger partial charge in [-0.1, -0.05) is 0 Å². The second-order valence-corrected chi connectivity index (χ2v) is 7.42. The summed E-state index contributed by atoms with van der Waals surface area (Å²) in [6.45, 7) is 0.926. The molecule has 0 radical (unpaired) electrons. The number of nitrogens with one attached hydrogen (secondary N) is 2. The fourth-order valence-electron chi connectivity index (χ4n) is 2.06. The van der Waals surface area contributed by atoms with Crippen molar-refractivity contribution >= 4 is 37.7 Å². The van der Waals surface area contributed by atoms with E-state index in [1.807, 2.05) is 0 Å². The van der Waals surface area contributed by atoms with Crippen molar-refractivity contribution < 1.29 is 22.7 Å². The number of sulfonamides is 1. The van der Waals surface area contributed by atoms with Crippen LogP contribution >= 0.6 is 15.9 Å². The summed E-state index contributed by atoms with van der Waals surface area (Å²) in [6.07, 6.45) is 0.704. The van der Waals surface area contributed by atoms with Gasteiger partial charge in [-0.2, -0.15) is 5.10 Å². The molecule has 0 bridgehead atoms. The van der Waals surface area contributed by atoms with E-state index >= 15 is 0 Å². The molecule has 0 saturated heterocycles. The number of amides is 1. The van der Waals surface area contributed by atoms with E-state index in [0.717, 1.165) is 0 Å². The number of benzene rings is 1. The Morgan fingerprint density at radius 2 is 1.92 bits per heavy atom. The molecule has 9 nitrogen and oxygen atoms in total. The highest BCUT2D eigenvalue weighted by molar-refractivity contribution is 9.10. The minimum Gasteiger partial charge on any atom is -0.490 e. The highest BCUT2D eigenvalue weighted by atomic mass is 79.9. The summed E-state index contributed by atoms with van der Waals surface area (Å²) in [5.41, 5.74) is 5.08. The van der Waals surface area contributed by atoms with Crippen LogP contribution in [0.25, 0.3) is 0 Å². The van der Waals surface area contributed by atoms with Crippen LogP contribution in [0.15, 0.2) is 27.6 Å². The molecule has 1 aliphatic heterocycles. The van der Waals surface area contributed by atoms with Gasteiger partial charge >= 0.3 is 0 Å². The summed E-state index contributed by atoms with van der Waals surface area (Å²) in [4.78, 5) is 11.0. The molecule has 0 unspecified atom stereocenters. The van der Waals surface area contributed by atoms with Crippen LogP contribution in [0.5, 0.6) is 11.5 Å². The van der Waals surface area contributed by atoms with Gasteiger partial charge in [0.15, 0.2) is 17.3 Å². The van der Waals surface area contributed by atoms with E-state index in [0.29, 0.717) is 35.6 Å². The van der Waals surface area contributed by atoms with Crippen LogP contribution < -0.4 is 19.9 Å². The number of nitrogens with two attached hydrogens (primary N) is 1. The summed E-state index contributed by atoms with van der Waals surface area (Å²) < 4.78 is 38.7. The van der Waals surface area contributed by atoms with Crippen molar-refractivity contribution in [3.05, 3.63) is 28.4 Å². The van der Waals surface area contributed by atoms with Crippen LogP contribution in [0.3, 0.4) is 0 Å². The van der Waals surface area contributed by atoms with Gasteiger partial charge in [-0.3, -0.25) is 14.6 Å². The lowest BCUT2D eigenvalue weighted by molar-refractivity contribution is 0.0995. The van der Waals surface area contributed by atoms with Crippen LogP contribution in [-0.2, 0) is 10.0 Å². The Labute approximate surface area is 145 Å². The lowest BCUT2D eigenvalue weighted by Gasteiger charge is -2.12. The SMILES string of the molecule is NC(=O)c1cc(NS(=O)(=O)c2cc3c(cc2Br)OCCCO3)n[nH]1. The molecular weight excluding hydrogens is 404 g/mol. The average molecular weight is 417 g/mol. The van der Waals surface area contributed by atoms with Crippen molar-refractivity contribution in [3.63, 3.8) is 0 Å². The number of H-pyrrole nitrogens is 1. The number of anilines is 1. The van der Waals surface area contributed by atoms with E-state index in [9.17, 15) is 13.2 Å². The topological polar surface area (TPSA) is 136 Å². The fourth-order valence-corrected chi connectivity index (χ4v) is 4.09. The first kappa shape index (κ1) is 16.6. The molecule has 1 aromatic heterocycles. The molecule has 2 aromatic rings. The monoisotopic (exact) mass is 416 g/mol. The predicted octanol–water partition coefficient (Wildman–Crippen LogP) is 1.23. The lowest BCUT2D eigenvalue weighted by Crippen LogP contribution is -2.14. The second kappa shape index (κ2) is 6.32. The predicted molar refractivity (Wildman–Crippen MR) is 87.7 cm³/mol. The summed E-state index contributed by atoms with van der Waals surface area (Å²) in [5.74, 6) is 0.0116. The molecule has 4 N–H and O–H groups in total. The number of rotatable bonds is 4. The third kappa shape index (κ3) is 3.31. The lowest BCUT2D eigenvalue weighted by atomic mass is 10.3. The Hall–Kier alpha value is -2.27. The normalized spacial score (nSPS) is 14.0. The zero-order chi connectivity index (χ0) is 17.3. The highest BCUT2D eigenvalue weighted by Gasteiger charge is 2.24. The maximum atomic E-state index is 12.6. The van der Waals surface area contributed by atoms with E-state index in [4.69, 9.17) is 15.2 Å². The van der Waals surface area contributed by atoms with E-state index in [1.54, 1.807) is 0 Å². The highest BCUT2D eigenvalue weighted by Crippen LogP contribution is 2.37. The largest absolute Gasteiger partial charge is 0.490 e. The molecular formula is C13H13BrN4O5S. The maximum absolute atomic E-state index is 12.6. The van der Waals surface area contributed by atoms with Gasteiger partial charge in [0.2, 0.25) is 0 Å². The minimum atomic E-state index is -3.97. The number of ether oxygens (including phenoxy) is 2. The summed E-state index contributed by atoms with van der Waals surface area (Å²) in [6, 6.07) is 4.11. The maximum Gasteiger partial charge on any atom is 0.266 e. The second-order valence-electron chi connectivity index (χ2n) is 4.92. The van der Waals surface area contributed by atoms with E-state index in [2.05, 4.69) is 30.8 Å². The summed E-state index contributed by atoms with van der Waals surface area (Å²) >= 11 is 3.22. The van der Waals surface area contributed by atoms with Gasteiger partial charge in [-0.05, 0) is 22.0 Å². The number of nitrogens with zero attached hydrogens (tertiary/aromatic N) is 1. The van der Waals surface area contributed by atoms with Gasteiger partial charge in [-0.15, -0.1) is 0 Å². The number of primary amides is 1. The molecule has 1 aromatic carbocycles. The molecule has 11 heteroatoms. The number of fused-ring (bicyclic) bond motifs is 1. The Balaban J connectivity index is 1.94. The minimum absolute atomic E-state index is 0.00886. The Bertz CT molecular complexity index is 896. The van der Waals surface area contributed by atoms with Crippen molar-refractivity contribution in [1.29, 1.82) is 0 Å². The van der Waals surface area contributed by atoms with Gasteiger partial charge in [-0.25, -0.2) is 8.42 Å². The van der Waals surface area contributed by atoms with Crippen molar-refractivity contribution in [1.82, 2.24) is 10.2 Å². The summed E-state index contributed by atoms with van der Waals surface area (Å²) in [5, 5.41) is 6.04. The fraction of sp³-hybridized carbons (Fsp3) is 0.231. The number of halogens is 1. The first-order valence-electron chi connectivity index (χ1n) is 6.84. The molecule has 0 fully saturated rings. The molecule has 0 saturated carbocycles. The zero-order valence-electron chi connectivity index (χ0n) is 12.2. The number of carbonyl (C=O) groups is 1. The number of hydrogen-bond acceptors (Lipinski definition) is 6. The van der Waals surface area contributed by atoms with Crippen molar-refractivity contribution in [3.8, 4) is 11.5 Å². The van der Waals surface area contributed by atoms with Crippen LogP contribution in [0.2, 0.25) is 0 Å². The Morgan fingerprint density at radius 3 is 2.54 bits per heavy atom. The van der Waals surface area contributed by atoms with Crippen LogP contribution in [0, 0.1) is 0 Å². The molecule has 1 amide bonds. The van der Waals surface area contributed by atoms with Crippen molar-refractivity contribution in [2.24, 2.45) is 5.73 Å². The van der Waals surface area contributed by atoms with Gasteiger partial charge in [0.05, 0.1) is 13.2 Å². The first-order valence-corrected chi connectivity index (χ1v) is 9.11. The van der Waals surface area contributed by atoms with E-state index < -0.39 is 15.9 Å². The zero-order valence-corrected chi connectivity index (χ0v) is 14.6. The molecule has 128 valence electrons. The molecule has 0 atom stereocenters. The molecule has 2 heterocycles. The number of aromatic nitrogens is 2. The quantitative estimate of drug-likeness (QED) is 0.685. The third-order valence-electron chi connectivity index (χ3n) is 3.17. The molecule has 24 heavy (non-hydrogen) atoms. The summed E-state index contributed by atoms with van der Waals surface area (Å²) in [7, 11) is -3.97. The van der Waals surface area contributed by atoms with E-state index in [-0.39, 0.29) is 16.4 Å². The van der Waals surface area contributed by atoms with Gasteiger partial charge in [0, 0.05) is 23.0 Å². The number of aromatic amines is 1. The van der Waals surface area contributed by atoms with E-state index in [1.165, 1.54) is 18.2 Å². The molecule has 1 aliphatic rings. The Morgan fingerprint density at radius 1 is 1.25 bits per heavy atom. The van der Waals surface area contributed by atoms with Crippen molar-refractivity contribution in [2.45, 2.75) is 11.3 Å². The van der Waals surface area contributed by atoms with Crippen molar-refractivity contribution in [2.75, 3.05) is 17.9 Å².